The highest BCUT2D eigenvalue weighted by Crippen LogP contribution is 2.32. The highest BCUT2D eigenvalue weighted by atomic mass is 19.4. The Kier molecular flexibility index (Phi) is 11.3. The second kappa shape index (κ2) is 14.7. The lowest BCUT2D eigenvalue weighted by molar-refractivity contribution is -0.137. The maximum absolute atomic E-state index is 12.9. The van der Waals surface area contributed by atoms with E-state index < -0.39 is 36.7 Å². The SMILES string of the molecule is CCC(Cc1cccc(CCNC(=O)N[C@@H](Cc2ccc(C)cc2)B(O)O)c1)C(C#N)c1ccc(C(F)(F)F)cn1. The molecule has 3 rings (SSSR count). The van der Waals surface area contributed by atoms with Gasteiger partial charge in [-0.15, -0.1) is 0 Å². The number of amides is 2. The van der Waals surface area contributed by atoms with Crippen molar-refractivity contribution in [1.29, 1.82) is 5.26 Å². The van der Waals surface area contributed by atoms with Crippen LogP contribution in [-0.4, -0.2) is 40.7 Å². The first kappa shape index (κ1) is 31.6. The number of hydrogen-bond acceptors (Lipinski definition) is 5. The highest BCUT2D eigenvalue weighted by Gasteiger charge is 2.32. The Morgan fingerprint density at radius 1 is 1.05 bits per heavy atom. The van der Waals surface area contributed by atoms with E-state index >= 15 is 0 Å². The first-order chi connectivity index (χ1) is 19.5. The number of nitriles is 1. The minimum Gasteiger partial charge on any atom is -0.426 e. The van der Waals surface area contributed by atoms with Crippen molar-refractivity contribution in [2.75, 3.05) is 6.54 Å². The number of urea groups is 1. The lowest BCUT2D eigenvalue weighted by Crippen LogP contribution is -2.51. The summed E-state index contributed by atoms with van der Waals surface area (Å²) in [6, 6.07) is 19.2. The Morgan fingerprint density at radius 3 is 2.34 bits per heavy atom. The number of hydrogen-bond donors (Lipinski definition) is 4. The molecule has 0 aliphatic carbocycles. The molecular weight excluding hydrogens is 532 g/mol. The first-order valence-electron chi connectivity index (χ1n) is 13.5. The number of halogens is 3. The van der Waals surface area contributed by atoms with Crippen LogP contribution in [0.5, 0.6) is 0 Å². The number of aryl methyl sites for hydroxylation is 1. The van der Waals surface area contributed by atoms with Crippen molar-refractivity contribution in [2.45, 2.75) is 57.6 Å². The molecule has 2 aromatic carbocycles. The Morgan fingerprint density at radius 2 is 1.76 bits per heavy atom. The van der Waals surface area contributed by atoms with Gasteiger partial charge in [-0.05, 0) is 60.9 Å². The lowest BCUT2D eigenvalue weighted by atomic mass is 9.76. The number of nitrogens with one attached hydrogen (secondary N) is 2. The van der Waals surface area contributed by atoms with Crippen LogP contribution < -0.4 is 10.6 Å². The minimum absolute atomic E-state index is 0.154. The Bertz CT molecular complexity index is 1310. The summed E-state index contributed by atoms with van der Waals surface area (Å²) < 4.78 is 38.7. The summed E-state index contributed by atoms with van der Waals surface area (Å²) in [7, 11) is -1.72. The van der Waals surface area contributed by atoms with Crippen LogP contribution in [-0.2, 0) is 25.4 Å². The van der Waals surface area contributed by atoms with E-state index in [4.69, 9.17) is 0 Å². The molecule has 41 heavy (non-hydrogen) atoms. The summed E-state index contributed by atoms with van der Waals surface area (Å²) in [5.41, 5.74) is 3.33. The van der Waals surface area contributed by atoms with Crippen molar-refractivity contribution in [3.63, 3.8) is 0 Å². The summed E-state index contributed by atoms with van der Waals surface area (Å²) in [5.74, 6) is -1.69. The second-order valence-electron chi connectivity index (χ2n) is 10.1. The third-order valence-electron chi connectivity index (χ3n) is 7.01. The third-order valence-corrected chi connectivity index (χ3v) is 7.01. The molecule has 2 amide bonds. The average molecular weight is 566 g/mol. The van der Waals surface area contributed by atoms with E-state index in [-0.39, 0.29) is 12.3 Å². The fourth-order valence-electron chi connectivity index (χ4n) is 4.63. The molecule has 0 saturated heterocycles. The van der Waals surface area contributed by atoms with Crippen LogP contribution in [0.2, 0.25) is 0 Å². The van der Waals surface area contributed by atoms with Gasteiger partial charge in [0.15, 0.2) is 0 Å². The number of alkyl halides is 3. The molecule has 0 aliphatic rings. The summed E-state index contributed by atoms with van der Waals surface area (Å²) in [6.07, 6.45) is -1.77. The Balaban J connectivity index is 1.55. The zero-order chi connectivity index (χ0) is 30.0. The van der Waals surface area contributed by atoms with Crippen molar-refractivity contribution in [3.8, 4) is 6.07 Å². The van der Waals surface area contributed by atoms with Gasteiger partial charge in [-0.25, -0.2) is 4.79 Å². The van der Waals surface area contributed by atoms with Gasteiger partial charge in [-0.1, -0.05) is 67.4 Å². The zero-order valence-electron chi connectivity index (χ0n) is 23.0. The summed E-state index contributed by atoms with van der Waals surface area (Å²) in [5, 5.41) is 34.6. The molecule has 0 saturated carbocycles. The van der Waals surface area contributed by atoms with Gasteiger partial charge in [0.05, 0.1) is 29.2 Å². The lowest BCUT2D eigenvalue weighted by Gasteiger charge is -2.21. The van der Waals surface area contributed by atoms with Crippen molar-refractivity contribution in [2.24, 2.45) is 5.92 Å². The molecule has 3 atom stereocenters. The van der Waals surface area contributed by atoms with Gasteiger partial charge in [-0.2, -0.15) is 18.4 Å². The van der Waals surface area contributed by atoms with Crippen molar-refractivity contribution in [3.05, 3.63) is 100 Å². The molecule has 4 N–H and O–H groups in total. The minimum atomic E-state index is -4.49. The van der Waals surface area contributed by atoms with E-state index in [1.807, 2.05) is 62.4 Å². The first-order valence-corrected chi connectivity index (χ1v) is 13.5. The number of carbonyl (C=O) groups is 1. The summed E-state index contributed by atoms with van der Waals surface area (Å²) >= 11 is 0. The highest BCUT2D eigenvalue weighted by molar-refractivity contribution is 6.43. The topological polar surface area (TPSA) is 118 Å². The number of benzene rings is 2. The van der Waals surface area contributed by atoms with Crippen LogP contribution in [0.25, 0.3) is 0 Å². The van der Waals surface area contributed by atoms with Crippen LogP contribution in [0, 0.1) is 24.2 Å². The largest absolute Gasteiger partial charge is 0.475 e. The van der Waals surface area contributed by atoms with Crippen LogP contribution in [0.1, 0.15) is 52.8 Å². The second-order valence-corrected chi connectivity index (χ2v) is 10.1. The zero-order valence-corrected chi connectivity index (χ0v) is 23.0. The van der Waals surface area contributed by atoms with Gasteiger partial charge >= 0.3 is 19.3 Å². The Hall–Kier alpha value is -3.88. The Labute approximate surface area is 238 Å². The average Bonchev–Trinajstić information content (AvgIpc) is 2.93. The fourth-order valence-corrected chi connectivity index (χ4v) is 4.63. The number of carbonyl (C=O) groups excluding carboxylic acids is 1. The van der Waals surface area contributed by atoms with Crippen LogP contribution in [0.4, 0.5) is 18.0 Å². The molecule has 0 radical (unpaired) electrons. The normalized spacial score (nSPS) is 13.5. The number of rotatable bonds is 12. The van der Waals surface area contributed by atoms with Crippen molar-refractivity contribution in [1.82, 2.24) is 15.6 Å². The molecule has 0 aliphatic heterocycles. The molecular formula is C30H34BF3N4O3. The molecule has 1 heterocycles. The predicted octanol–water partition coefficient (Wildman–Crippen LogP) is 4.75. The third kappa shape index (κ3) is 9.62. The van der Waals surface area contributed by atoms with Crippen LogP contribution in [0.3, 0.4) is 0 Å². The molecule has 0 fully saturated rings. The van der Waals surface area contributed by atoms with E-state index in [0.717, 1.165) is 34.5 Å². The monoisotopic (exact) mass is 566 g/mol. The van der Waals surface area contributed by atoms with Gasteiger partial charge in [0.2, 0.25) is 0 Å². The molecule has 3 aromatic rings. The van der Waals surface area contributed by atoms with Crippen LogP contribution in [0.15, 0.2) is 66.9 Å². The van der Waals surface area contributed by atoms with E-state index in [1.54, 1.807) is 0 Å². The predicted molar refractivity (Wildman–Crippen MR) is 151 cm³/mol. The van der Waals surface area contributed by atoms with E-state index in [0.29, 0.717) is 31.5 Å². The fraction of sp³-hybridized carbons (Fsp3) is 0.367. The quantitative estimate of drug-likeness (QED) is 0.236. The molecule has 0 spiro atoms. The number of aromatic nitrogens is 1. The molecule has 1 aromatic heterocycles. The standard InChI is InChI=1S/C30H34BF3N4O3/c1-3-24(26(18-35)27-12-11-25(19-37-27)30(32,33)34)16-23-6-4-5-21(15-23)13-14-36-29(39)38-28(31(40)41)17-22-9-7-20(2)8-10-22/h4-12,15,19,24,26,28,40-41H,3,13-14,16-17H2,1-2H3,(H2,36,38,39)/t24?,26?,28-/m0/s1. The maximum atomic E-state index is 12.9. The van der Waals surface area contributed by atoms with E-state index in [2.05, 4.69) is 21.7 Å². The van der Waals surface area contributed by atoms with Gasteiger partial charge < -0.3 is 20.7 Å². The van der Waals surface area contributed by atoms with Gasteiger partial charge in [0, 0.05) is 12.7 Å². The van der Waals surface area contributed by atoms with Gasteiger partial charge in [0.1, 0.15) is 0 Å². The maximum Gasteiger partial charge on any atom is 0.475 e. The van der Waals surface area contributed by atoms with Crippen molar-refractivity contribution >= 4 is 13.1 Å². The number of pyridine rings is 1. The van der Waals surface area contributed by atoms with Gasteiger partial charge in [0.25, 0.3) is 0 Å². The summed E-state index contributed by atoms with van der Waals surface area (Å²) in [6.45, 7) is 4.19. The van der Waals surface area contributed by atoms with Gasteiger partial charge in [-0.3, -0.25) is 4.98 Å². The van der Waals surface area contributed by atoms with Crippen LogP contribution >= 0.6 is 0 Å². The van der Waals surface area contributed by atoms with E-state index in [9.17, 15) is 33.3 Å². The molecule has 0 bridgehead atoms. The molecule has 2 unspecified atom stereocenters. The number of nitrogens with zero attached hydrogens (tertiary/aromatic N) is 2. The molecule has 11 heteroatoms. The molecule has 216 valence electrons. The van der Waals surface area contributed by atoms with Crippen molar-refractivity contribution < 1.29 is 28.0 Å². The van der Waals surface area contributed by atoms with E-state index in [1.165, 1.54) is 6.07 Å². The summed E-state index contributed by atoms with van der Waals surface area (Å²) in [4.78, 5) is 16.4. The molecule has 7 nitrogen and oxygen atoms in total. The smallest absolute Gasteiger partial charge is 0.426 e.